The molecule has 0 saturated carbocycles. The molecule has 1 aromatic carbocycles. The van der Waals surface area contributed by atoms with Gasteiger partial charge in [0.1, 0.15) is 5.75 Å². The molecule has 1 fully saturated rings. The van der Waals surface area contributed by atoms with Crippen LogP contribution in [0.5, 0.6) is 5.75 Å². The van der Waals surface area contributed by atoms with E-state index < -0.39 is 0 Å². The number of methoxy groups -OCH3 is 1. The van der Waals surface area contributed by atoms with Crippen LogP contribution in [0.25, 0.3) is 5.57 Å². The fourth-order valence-corrected chi connectivity index (χ4v) is 2.03. The average molecular weight is 259 g/mol. The quantitative estimate of drug-likeness (QED) is 0.779. The molecule has 4 heteroatoms. The third-order valence-electron chi connectivity index (χ3n) is 3.28. The van der Waals surface area contributed by atoms with Gasteiger partial charge in [0.15, 0.2) is 0 Å². The number of imide groups is 1. The topological polar surface area (TPSA) is 46.6 Å². The number of carbonyl (C=O) groups is 2. The molecule has 19 heavy (non-hydrogen) atoms. The van der Waals surface area contributed by atoms with Gasteiger partial charge in [-0.15, -0.1) is 0 Å². The second kappa shape index (κ2) is 5.69. The van der Waals surface area contributed by atoms with Gasteiger partial charge in [0.05, 0.1) is 7.11 Å². The molecule has 2 rings (SSSR count). The molecule has 0 atom stereocenters. The smallest absolute Gasteiger partial charge is 0.229 e. The Labute approximate surface area is 112 Å². The van der Waals surface area contributed by atoms with Gasteiger partial charge in [0.25, 0.3) is 0 Å². The molecular formula is C15H17NO3. The van der Waals surface area contributed by atoms with Crippen LogP contribution < -0.4 is 4.74 Å². The van der Waals surface area contributed by atoms with Crippen LogP contribution in [-0.4, -0.2) is 30.4 Å². The highest BCUT2D eigenvalue weighted by molar-refractivity contribution is 6.02. The van der Waals surface area contributed by atoms with E-state index in [1.807, 2.05) is 37.3 Å². The van der Waals surface area contributed by atoms with E-state index in [0.717, 1.165) is 16.9 Å². The van der Waals surface area contributed by atoms with Crippen molar-refractivity contribution in [1.29, 1.82) is 0 Å². The van der Waals surface area contributed by atoms with E-state index in [0.29, 0.717) is 19.4 Å². The second-order valence-electron chi connectivity index (χ2n) is 4.51. The number of ether oxygens (including phenoxy) is 1. The zero-order chi connectivity index (χ0) is 13.8. The fourth-order valence-electron chi connectivity index (χ4n) is 2.03. The Kier molecular flexibility index (Phi) is 4.00. The highest BCUT2D eigenvalue weighted by Gasteiger charge is 2.27. The third-order valence-corrected chi connectivity index (χ3v) is 3.28. The number of rotatable bonds is 4. The molecule has 0 unspecified atom stereocenters. The van der Waals surface area contributed by atoms with Gasteiger partial charge in [0.2, 0.25) is 11.8 Å². The molecular weight excluding hydrogens is 242 g/mol. The second-order valence-corrected chi connectivity index (χ2v) is 4.51. The van der Waals surface area contributed by atoms with E-state index in [1.165, 1.54) is 4.90 Å². The zero-order valence-corrected chi connectivity index (χ0v) is 11.2. The first-order valence-electron chi connectivity index (χ1n) is 6.26. The number of hydrogen-bond acceptors (Lipinski definition) is 3. The van der Waals surface area contributed by atoms with Crippen LogP contribution in [0.2, 0.25) is 0 Å². The van der Waals surface area contributed by atoms with Crippen LogP contribution in [0.1, 0.15) is 25.3 Å². The number of carbonyl (C=O) groups excluding carboxylic acids is 2. The van der Waals surface area contributed by atoms with Gasteiger partial charge in [-0.1, -0.05) is 18.2 Å². The normalized spacial score (nSPS) is 16.1. The molecule has 0 radical (unpaired) electrons. The summed E-state index contributed by atoms with van der Waals surface area (Å²) >= 11 is 0. The Bertz CT molecular complexity index is 501. The molecule has 2 amide bonds. The lowest BCUT2D eigenvalue weighted by atomic mass is 10.1. The van der Waals surface area contributed by atoms with E-state index >= 15 is 0 Å². The van der Waals surface area contributed by atoms with Crippen LogP contribution in [-0.2, 0) is 9.59 Å². The van der Waals surface area contributed by atoms with Gasteiger partial charge in [-0.2, -0.15) is 0 Å². The Morgan fingerprint density at radius 2 is 1.79 bits per heavy atom. The van der Waals surface area contributed by atoms with Crippen molar-refractivity contribution in [3.63, 3.8) is 0 Å². The Balaban J connectivity index is 2.05. The molecule has 1 aliphatic heterocycles. The van der Waals surface area contributed by atoms with E-state index in [9.17, 15) is 9.59 Å². The summed E-state index contributed by atoms with van der Waals surface area (Å²) in [6, 6.07) is 7.69. The lowest BCUT2D eigenvalue weighted by Crippen LogP contribution is -2.29. The standard InChI is InChI=1S/C15H17NO3/c1-11(12-3-5-13(19-2)6-4-12)9-10-16-14(17)7-8-15(16)18/h3-6,9H,7-8,10H2,1-2H3. The zero-order valence-electron chi connectivity index (χ0n) is 11.2. The minimum absolute atomic E-state index is 0.0798. The van der Waals surface area contributed by atoms with Gasteiger partial charge in [0, 0.05) is 19.4 Å². The molecule has 1 heterocycles. The summed E-state index contributed by atoms with van der Waals surface area (Å²) in [5.41, 5.74) is 2.09. The molecule has 100 valence electrons. The van der Waals surface area contributed by atoms with E-state index in [-0.39, 0.29) is 11.8 Å². The molecule has 0 aromatic heterocycles. The van der Waals surface area contributed by atoms with E-state index in [2.05, 4.69) is 0 Å². The summed E-state index contributed by atoms with van der Waals surface area (Å²) < 4.78 is 5.10. The number of likely N-dealkylation sites (tertiary alicyclic amines) is 1. The SMILES string of the molecule is COc1ccc(C(C)=CCN2C(=O)CCC2=O)cc1. The molecule has 4 nitrogen and oxygen atoms in total. The van der Waals surface area contributed by atoms with Crippen LogP contribution in [0.15, 0.2) is 30.3 Å². The monoisotopic (exact) mass is 259 g/mol. The minimum Gasteiger partial charge on any atom is -0.497 e. The highest BCUT2D eigenvalue weighted by atomic mass is 16.5. The van der Waals surface area contributed by atoms with Crippen molar-refractivity contribution >= 4 is 17.4 Å². The molecule has 0 bridgehead atoms. The molecule has 1 aliphatic rings. The van der Waals surface area contributed by atoms with Crippen LogP contribution in [0, 0.1) is 0 Å². The summed E-state index contributed by atoms with van der Waals surface area (Å²) in [6.07, 6.45) is 2.59. The Hall–Kier alpha value is -2.10. The maximum atomic E-state index is 11.5. The molecule has 1 aromatic rings. The molecule has 1 saturated heterocycles. The summed E-state index contributed by atoms with van der Waals surface area (Å²) in [5, 5.41) is 0. The van der Waals surface area contributed by atoms with Crippen molar-refractivity contribution in [1.82, 2.24) is 4.90 Å². The van der Waals surface area contributed by atoms with Gasteiger partial charge in [-0.05, 0) is 30.2 Å². The van der Waals surface area contributed by atoms with Crippen LogP contribution >= 0.6 is 0 Å². The van der Waals surface area contributed by atoms with Crippen molar-refractivity contribution in [2.24, 2.45) is 0 Å². The summed E-state index contributed by atoms with van der Waals surface area (Å²) in [7, 11) is 1.63. The summed E-state index contributed by atoms with van der Waals surface area (Å²) in [6.45, 7) is 2.32. The molecule has 0 N–H and O–H groups in total. The van der Waals surface area contributed by atoms with Crippen molar-refractivity contribution in [2.45, 2.75) is 19.8 Å². The number of amides is 2. The first kappa shape index (κ1) is 13.3. The summed E-state index contributed by atoms with van der Waals surface area (Å²) in [5.74, 6) is 0.647. The predicted octanol–water partition coefficient (Wildman–Crippen LogP) is 2.25. The first-order chi connectivity index (χ1) is 9.11. The molecule has 0 spiro atoms. The Morgan fingerprint density at radius 1 is 1.21 bits per heavy atom. The minimum atomic E-state index is -0.0798. The largest absolute Gasteiger partial charge is 0.497 e. The first-order valence-corrected chi connectivity index (χ1v) is 6.26. The van der Waals surface area contributed by atoms with Gasteiger partial charge >= 0.3 is 0 Å². The van der Waals surface area contributed by atoms with Gasteiger partial charge in [-0.3, -0.25) is 14.5 Å². The maximum Gasteiger partial charge on any atom is 0.229 e. The van der Waals surface area contributed by atoms with Crippen molar-refractivity contribution < 1.29 is 14.3 Å². The van der Waals surface area contributed by atoms with E-state index in [4.69, 9.17) is 4.74 Å². The summed E-state index contributed by atoms with van der Waals surface area (Å²) in [4.78, 5) is 24.3. The lowest BCUT2D eigenvalue weighted by molar-refractivity contribution is -0.137. The van der Waals surface area contributed by atoms with Crippen molar-refractivity contribution in [3.8, 4) is 5.75 Å². The van der Waals surface area contributed by atoms with Crippen molar-refractivity contribution in [2.75, 3.05) is 13.7 Å². The Morgan fingerprint density at radius 3 is 2.32 bits per heavy atom. The third kappa shape index (κ3) is 3.02. The number of benzene rings is 1. The number of nitrogens with zero attached hydrogens (tertiary/aromatic N) is 1. The van der Waals surface area contributed by atoms with Crippen LogP contribution in [0.3, 0.4) is 0 Å². The maximum absolute atomic E-state index is 11.5. The van der Waals surface area contributed by atoms with Crippen molar-refractivity contribution in [3.05, 3.63) is 35.9 Å². The molecule has 0 aliphatic carbocycles. The number of allylic oxidation sites excluding steroid dienone is 1. The predicted molar refractivity (Wildman–Crippen MR) is 72.6 cm³/mol. The van der Waals surface area contributed by atoms with Gasteiger partial charge < -0.3 is 4.74 Å². The number of hydrogen-bond donors (Lipinski definition) is 0. The van der Waals surface area contributed by atoms with Gasteiger partial charge in [-0.25, -0.2) is 0 Å². The van der Waals surface area contributed by atoms with Crippen LogP contribution in [0.4, 0.5) is 0 Å². The highest BCUT2D eigenvalue weighted by Crippen LogP contribution is 2.19. The van der Waals surface area contributed by atoms with E-state index in [1.54, 1.807) is 7.11 Å². The lowest BCUT2D eigenvalue weighted by Gasteiger charge is -2.11. The average Bonchev–Trinajstić information content (AvgIpc) is 2.75. The fraction of sp³-hybridized carbons (Fsp3) is 0.333.